The maximum atomic E-state index is 8.81. The molecule has 0 fully saturated rings. The molecule has 0 saturated heterocycles. The zero-order chi connectivity index (χ0) is 13.7. The highest BCUT2D eigenvalue weighted by molar-refractivity contribution is 5.79. The van der Waals surface area contributed by atoms with Crippen LogP contribution in [0.3, 0.4) is 0 Å². The van der Waals surface area contributed by atoms with Crippen LogP contribution in [0, 0.1) is 6.92 Å². The largest absolute Gasteiger partial charge is 0.396 e. The molecule has 0 aliphatic heterocycles. The van der Waals surface area contributed by atoms with Gasteiger partial charge in [0.15, 0.2) is 0 Å². The fourth-order valence-corrected chi connectivity index (χ4v) is 2.16. The van der Waals surface area contributed by atoms with E-state index in [1.807, 2.05) is 19.1 Å². The number of fused-ring (bicyclic) bond motifs is 1. The van der Waals surface area contributed by atoms with Crippen molar-refractivity contribution in [1.82, 2.24) is 10.3 Å². The maximum absolute atomic E-state index is 8.81. The highest BCUT2D eigenvalue weighted by atomic mass is 16.3. The quantitative estimate of drug-likeness (QED) is 0.688. The monoisotopic (exact) mass is 259 g/mol. The molecule has 1 atom stereocenters. The molecule has 1 aromatic carbocycles. The van der Waals surface area contributed by atoms with E-state index < -0.39 is 0 Å². The third kappa shape index (κ3) is 3.50. The highest BCUT2D eigenvalue weighted by Gasteiger charge is 2.09. The van der Waals surface area contributed by atoms with Crippen LogP contribution < -0.4 is 11.1 Å². The van der Waals surface area contributed by atoms with Gasteiger partial charge in [-0.05, 0) is 43.7 Å². The van der Waals surface area contributed by atoms with Gasteiger partial charge in [0.2, 0.25) is 0 Å². The van der Waals surface area contributed by atoms with Gasteiger partial charge in [-0.1, -0.05) is 12.1 Å². The fourth-order valence-electron chi connectivity index (χ4n) is 2.16. The van der Waals surface area contributed by atoms with E-state index in [0.717, 1.165) is 29.6 Å². The topological polar surface area (TPSA) is 71.2 Å². The average molecular weight is 259 g/mol. The standard InChI is InChI=1S/C15H21N3O/c1-11-3-4-12-9-13(5-6-14(12)18-11)15(10-16)17-7-2-8-19/h3-6,9,15,17,19H,2,7-8,10,16H2,1H3. The number of aliphatic hydroxyl groups excluding tert-OH is 1. The van der Waals surface area contributed by atoms with Crippen LogP contribution >= 0.6 is 0 Å². The summed E-state index contributed by atoms with van der Waals surface area (Å²) in [4.78, 5) is 4.49. The smallest absolute Gasteiger partial charge is 0.0705 e. The molecule has 0 spiro atoms. The van der Waals surface area contributed by atoms with Crippen LogP contribution in [-0.2, 0) is 0 Å². The molecule has 0 bridgehead atoms. The summed E-state index contributed by atoms with van der Waals surface area (Å²) in [6.45, 7) is 3.50. The van der Waals surface area contributed by atoms with Gasteiger partial charge >= 0.3 is 0 Å². The number of hydrogen-bond donors (Lipinski definition) is 3. The molecule has 102 valence electrons. The molecule has 4 N–H and O–H groups in total. The molecular weight excluding hydrogens is 238 g/mol. The SMILES string of the molecule is Cc1ccc2cc(C(CN)NCCCO)ccc2n1. The fraction of sp³-hybridized carbons (Fsp3) is 0.400. The lowest BCUT2D eigenvalue weighted by Gasteiger charge is -2.17. The molecule has 4 nitrogen and oxygen atoms in total. The Morgan fingerprint density at radius 3 is 2.89 bits per heavy atom. The summed E-state index contributed by atoms with van der Waals surface area (Å²) in [5.74, 6) is 0. The lowest BCUT2D eigenvalue weighted by molar-refractivity contribution is 0.283. The van der Waals surface area contributed by atoms with E-state index in [1.165, 1.54) is 5.56 Å². The molecule has 0 radical (unpaired) electrons. The van der Waals surface area contributed by atoms with Gasteiger partial charge < -0.3 is 16.2 Å². The number of aromatic nitrogens is 1. The minimum Gasteiger partial charge on any atom is -0.396 e. The molecule has 0 aliphatic carbocycles. The number of hydrogen-bond acceptors (Lipinski definition) is 4. The Morgan fingerprint density at radius 1 is 1.32 bits per heavy atom. The number of aliphatic hydroxyl groups is 1. The van der Waals surface area contributed by atoms with Crippen molar-refractivity contribution in [1.29, 1.82) is 0 Å². The third-order valence-electron chi connectivity index (χ3n) is 3.22. The van der Waals surface area contributed by atoms with Crippen molar-refractivity contribution >= 4 is 10.9 Å². The van der Waals surface area contributed by atoms with Crippen LogP contribution in [0.2, 0.25) is 0 Å². The molecule has 4 heteroatoms. The Bertz CT molecular complexity index is 542. The Balaban J connectivity index is 2.20. The molecule has 2 rings (SSSR count). The Morgan fingerprint density at radius 2 is 2.16 bits per heavy atom. The van der Waals surface area contributed by atoms with Crippen molar-refractivity contribution in [3.63, 3.8) is 0 Å². The zero-order valence-electron chi connectivity index (χ0n) is 11.3. The summed E-state index contributed by atoms with van der Waals surface area (Å²) in [7, 11) is 0. The van der Waals surface area contributed by atoms with Gasteiger partial charge in [0, 0.05) is 30.3 Å². The van der Waals surface area contributed by atoms with E-state index in [-0.39, 0.29) is 12.6 Å². The number of rotatable bonds is 6. The molecule has 0 amide bonds. The first-order valence-electron chi connectivity index (χ1n) is 6.66. The molecule has 0 saturated carbocycles. The summed E-state index contributed by atoms with van der Waals surface area (Å²) in [5, 5.41) is 13.3. The summed E-state index contributed by atoms with van der Waals surface area (Å²) >= 11 is 0. The highest BCUT2D eigenvalue weighted by Crippen LogP contribution is 2.19. The predicted molar refractivity (Wildman–Crippen MR) is 78.0 cm³/mol. The second-order valence-electron chi connectivity index (χ2n) is 4.72. The van der Waals surface area contributed by atoms with Crippen molar-refractivity contribution in [2.45, 2.75) is 19.4 Å². The molecule has 0 aliphatic rings. The number of pyridine rings is 1. The van der Waals surface area contributed by atoms with E-state index in [4.69, 9.17) is 10.8 Å². The van der Waals surface area contributed by atoms with Crippen LogP contribution in [0.4, 0.5) is 0 Å². The molecular formula is C15H21N3O. The summed E-state index contributed by atoms with van der Waals surface area (Å²) in [5.41, 5.74) is 9.01. The van der Waals surface area contributed by atoms with E-state index in [9.17, 15) is 0 Å². The van der Waals surface area contributed by atoms with Gasteiger partial charge in [-0.3, -0.25) is 4.98 Å². The minimum atomic E-state index is 0.122. The van der Waals surface area contributed by atoms with E-state index in [2.05, 4.69) is 28.5 Å². The molecule has 19 heavy (non-hydrogen) atoms. The number of benzene rings is 1. The lowest BCUT2D eigenvalue weighted by atomic mass is 10.0. The van der Waals surface area contributed by atoms with Crippen LogP contribution in [0.25, 0.3) is 10.9 Å². The molecule has 2 aromatic rings. The van der Waals surface area contributed by atoms with Crippen LogP contribution in [0.15, 0.2) is 30.3 Å². The Kier molecular flexibility index (Phi) is 4.85. The van der Waals surface area contributed by atoms with Crippen molar-refractivity contribution in [2.24, 2.45) is 5.73 Å². The van der Waals surface area contributed by atoms with E-state index >= 15 is 0 Å². The van der Waals surface area contributed by atoms with Crippen LogP contribution in [0.5, 0.6) is 0 Å². The molecule has 1 unspecified atom stereocenters. The van der Waals surface area contributed by atoms with Gasteiger partial charge in [0.05, 0.1) is 5.52 Å². The van der Waals surface area contributed by atoms with Gasteiger partial charge in [-0.25, -0.2) is 0 Å². The summed E-state index contributed by atoms with van der Waals surface area (Å²) in [6, 6.07) is 10.5. The van der Waals surface area contributed by atoms with Gasteiger partial charge in [0.25, 0.3) is 0 Å². The summed E-state index contributed by atoms with van der Waals surface area (Å²) in [6.07, 6.45) is 0.741. The Labute approximate surface area is 113 Å². The van der Waals surface area contributed by atoms with E-state index in [1.54, 1.807) is 0 Å². The van der Waals surface area contributed by atoms with Crippen molar-refractivity contribution in [3.05, 3.63) is 41.6 Å². The molecule has 1 heterocycles. The zero-order valence-corrected chi connectivity index (χ0v) is 11.3. The van der Waals surface area contributed by atoms with Gasteiger partial charge in [-0.2, -0.15) is 0 Å². The number of nitrogens with one attached hydrogen (secondary N) is 1. The van der Waals surface area contributed by atoms with Crippen molar-refractivity contribution in [2.75, 3.05) is 19.7 Å². The van der Waals surface area contributed by atoms with Crippen LogP contribution in [-0.4, -0.2) is 29.8 Å². The minimum absolute atomic E-state index is 0.122. The number of nitrogens with two attached hydrogens (primary N) is 1. The summed E-state index contributed by atoms with van der Waals surface area (Å²) < 4.78 is 0. The number of aryl methyl sites for hydroxylation is 1. The van der Waals surface area contributed by atoms with Gasteiger partial charge in [0.1, 0.15) is 0 Å². The average Bonchev–Trinajstić information content (AvgIpc) is 2.43. The van der Waals surface area contributed by atoms with Crippen molar-refractivity contribution < 1.29 is 5.11 Å². The first-order valence-corrected chi connectivity index (χ1v) is 6.66. The first-order chi connectivity index (χ1) is 9.24. The van der Waals surface area contributed by atoms with Crippen LogP contribution in [0.1, 0.15) is 23.7 Å². The first kappa shape index (κ1) is 13.9. The predicted octanol–water partition coefficient (Wildman–Crippen LogP) is 1.52. The normalized spacial score (nSPS) is 12.8. The van der Waals surface area contributed by atoms with E-state index in [0.29, 0.717) is 6.54 Å². The van der Waals surface area contributed by atoms with Crippen molar-refractivity contribution in [3.8, 4) is 0 Å². The second kappa shape index (κ2) is 6.61. The third-order valence-corrected chi connectivity index (χ3v) is 3.22. The van der Waals surface area contributed by atoms with Gasteiger partial charge in [-0.15, -0.1) is 0 Å². The maximum Gasteiger partial charge on any atom is 0.0705 e. The second-order valence-corrected chi connectivity index (χ2v) is 4.72. The Hall–Kier alpha value is -1.49. The number of nitrogens with zero attached hydrogens (tertiary/aromatic N) is 1. The lowest BCUT2D eigenvalue weighted by Crippen LogP contribution is -2.29. The molecule has 1 aromatic heterocycles.